The molecule has 4 unspecified atom stereocenters. The number of fused-ring (bicyclic) bond motifs is 3. The number of thiocarbonyl (C=S) groups is 1. The first kappa shape index (κ1) is 87.9. The van der Waals surface area contributed by atoms with E-state index in [0.29, 0.717) is 29.3 Å². The van der Waals surface area contributed by atoms with Gasteiger partial charge < -0.3 is 56.3 Å². The first-order valence-electron chi connectivity index (χ1n) is 39.8. The lowest BCUT2D eigenvalue weighted by molar-refractivity contribution is -0.156. The monoisotopic (exact) mass is 1600 g/mol. The Balaban J connectivity index is 0.000000176. The van der Waals surface area contributed by atoms with Gasteiger partial charge in [-0.25, -0.2) is 19.6 Å². The molecule has 17 nitrogen and oxygen atoms in total. The highest BCUT2D eigenvalue weighted by atomic mass is 79.9. The van der Waals surface area contributed by atoms with Crippen LogP contribution in [0.25, 0.3) is 22.5 Å². The average molecular weight is 1610 g/mol. The van der Waals surface area contributed by atoms with Gasteiger partial charge in [0.05, 0.1) is 23.1 Å². The summed E-state index contributed by atoms with van der Waals surface area (Å²) in [6, 6.07) is 20.8. The van der Waals surface area contributed by atoms with E-state index < -0.39 is 16.8 Å². The molecular weight excluding hydrogens is 1470 g/mol. The fourth-order valence-electron chi connectivity index (χ4n) is 15.8. The van der Waals surface area contributed by atoms with Crippen molar-refractivity contribution in [1.29, 1.82) is 0 Å². The van der Waals surface area contributed by atoms with Crippen LogP contribution in [0.15, 0.2) is 65.4 Å². The summed E-state index contributed by atoms with van der Waals surface area (Å²) in [4.78, 5) is 63.7. The molecule has 0 radical (unpaired) electrons. The Morgan fingerprint density at radius 2 is 0.963 bits per heavy atom. The number of ether oxygens (including phenoxy) is 3. The quantitative estimate of drug-likeness (QED) is 0.0289. The van der Waals surface area contributed by atoms with E-state index in [9.17, 15) is 19.2 Å². The van der Waals surface area contributed by atoms with E-state index in [0.717, 1.165) is 124 Å². The molecule has 7 aliphatic rings. The van der Waals surface area contributed by atoms with Crippen molar-refractivity contribution in [3.63, 3.8) is 0 Å². The third-order valence-corrected chi connectivity index (χ3v) is 25.0. The lowest BCUT2D eigenvalue weighted by atomic mass is 9.63. The molecule has 598 valence electrons. The predicted octanol–water partition coefficient (Wildman–Crippen LogP) is 19.3. The Hall–Kier alpha value is -5.71. The van der Waals surface area contributed by atoms with Gasteiger partial charge in [0.1, 0.15) is 16.8 Å². The van der Waals surface area contributed by atoms with Crippen LogP contribution in [0.5, 0.6) is 0 Å². The zero-order valence-electron chi connectivity index (χ0n) is 69.5. The second-order valence-electron chi connectivity index (χ2n) is 38.2. The zero-order valence-corrected chi connectivity index (χ0v) is 73.5. The van der Waals surface area contributed by atoms with Crippen LogP contribution in [0.2, 0.25) is 0 Å². The highest BCUT2D eigenvalue weighted by Gasteiger charge is 2.41. The Bertz CT molecular complexity index is 3890. The summed E-state index contributed by atoms with van der Waals surface area (Å²) in [6.45, 7) is 52.4. The number of carbonyl (C=O) groups excluding carboxylic acids is 4. The maximum Gasteiger partial charge on any atom is 0.407 e. The smallest absolute Gasteiger partial charge is 0.407 e. The van der Waals surface area contributed by atoms with Crippen molar-refractivity contribution in [2.45, 2.75) is 309 Å². The molecule has 4 fully saturated rings. The second-order valence-corrected chi connectivity index (χ2v) is 40.9. The number of amides is 2. The number of rotatable bonds is 10. The first-order valence-corrected chi connectivity index (χ1v) is 43.1. The van der Waals surface area contributed by atoms with Gasteiger partial charge in [-0.3, -0.25) is 9.59 Å². The molecule has 6 heterocycles. The summed E-state index contributed by atoms with van der Waals surface area (Å²) < 4.78 is 15.9. The van der Waals surface area contributed by atoms with Crippen LogP contribution in [0.4, 0.5) is 19.9 Å². The van der Waals surface area contributed by atoms with Crippen LogP contribution in [0, 0.1) is 5.92 Å². The van der Waals surface area contributed by atoms with Gasteiger partial charge in [-0.05, 0) is 261 Å². The van der Waals surface area contributed by atoms with Gasteiger partial charge in [-0.15, -0.1) is 22.7 Å². The van der Waals surface area contributed by atoms with Crippen LogP contribution in [0.3, 0.4) is 0 Å². The summed E-state index contributed by atoms with van der Waals surface area (Å²) in [7, 11) is 0. The van der Waals surface area contributed by atoms with E-state index in [1.165, 1.54) is 83.0 Å². The fourth-order valence-corrected chi connectivity index (χ4v) is 18.1. The number of hydrogen-bond donors (Lipinski definition) is 5. The maximum absolute atomic E-state index is 12.3. The molecule has 21 heteroatoms. The van der Waals surface area contributed by atoms with Gasteiger partial charge in [0.25, 0.3) is 0 Å². The van der Waals surface area contributed by atoms with Crippen molar-refractivity contribution in [2.24, 2.45) is 17.4 Å². The molecule has 4 aliphatic heterocycles. The number of piperidine rings is 4. The highest BCUT2D eigenvalue weighted by molar-refractivity contribution is 9.09. The molecule has 0 spiro atoms. The number of ketones is 1. The average Bonchev–Trinajstić information content (AvgIpc) is 0.829. The van der Waals surface area contributed by atoms with Gasteiger partial charge in [-0.2, -0.15) is 0 Å². The molecule has 5 aromatic rings. The number of thiazole rings is 2. The Morgan fingerprint density at radius 1 is 0.546 bits per heavy atom. The van der Waals surface area contributed by atoms with E-state index in [2.05, 4.69) is 184 Å². The topological polar surface area (TPSA) is 220 Å². The molecule has 4 saturated heterocycles. The largest absolute Gasteiger partial charge is 0.460 e. The number of nitrogens with zero attached hydrogens (tertiary/aromatic N) is 5. The van der Waals surface area contributed by atoms with Crippen LogP contribution in [0.1, 0.15) is 285 Å². The summed E-state index contributed by atoms with van der Waals surface area (Å²) in [5, 5.41) is 16.3. The minimum absolute atomic E-state index is 0.0556. The molecule has 2 aromatic heterocycles. The Labute approximate surface area is 670 Å². The van der Waals surface area contributed by atoms with Gasteiger partial charge in [0, 0.05) is 91.4 Å². The number of aromatic nitrogens is 2. The number of alkyl carbamates (subject to hydrolysis) is 2. The number of alkyl halides is 1. The number of likely N-dealkylation sites (tertiary alicyclic amines) is 1. The van der Waals surface area contributed by atoms with Crippen LogP contribution >= 0.6 is 50.8 Å². The van der Waals surface area contributed by atoms with Crippen molar-refractivity contribution in [3.8, 4) is 22.5 Å². The minimum Gasteiger partial charge on any atom is -0.460 e. The summed E-state index contributed by atoms with van der Waals surface area (Å²) in [6.07, 6.45) is 15.6. The molecule has 7 N–H and O–H groups in total. The number of esters is 1. The van der Waals surface area contributed by atoms with Crippen LogP contribution in [-0.2, 0) is 51.5 Å². The van der Waals surface area contributed by atoms with Crippen molar-refractivity contribution >= 4 is 90.1 Å². The number of nitrogens with one attached hydrogen (secondary N) is 3. The molecule has 0 bridgehead atoms. The Kier molecular flexibility index (Phi) is 29.3. The van der Waals surface area contributed by atoms with Crippen LogP contribution in [-0.4, -0.2) is 137 Å². The molecule has 0 saturated carbocycles. The molecule has 3 aliphatic carbocycles. The normalized spacial score (nSPS) is 22.2. The fraction of sp³-hybridized carbons (Fsp3) is 0.667. The predicted molar refractivity (Wildman–Crippen MR) is 456 cm³/mol. The molecule has 108 heavy (non-hydrogen) atoms. The molecule has 4 atom stereocenters. The second kappa shape index (κ2) is 36.0. The highest BCUT2D eigenvalue weighted by Crippen LogP contribution is 2.50. The number of hydrogen-bond acceptors (Lipinski definition) is 16. The van der Waals surface area contributed by atoms with Crippen molar-refractivity contribution in [3.05, 3.63) is 104 Å². The van der Waals surface area contributed by atoms with Crippen LogP contribution < -0.4 is 37.2 Å². The van der Waals surface area contributed by atoms with E-state index >= 15 is 0 Å². The van der Waals surface area contributed by atoms with Crippen molar-refractivity contribution < 1.29 is 33.4 Å². The van der Waals surface area contributed by atoms with E-state index in [1.807, 2.05) is 73.3 Å². The molecule has 2 amide bonds. The third-order valence-electron chi connectivity index (χ3n) is 22.4. The minimum atomic E-state index is -0.471. The number of benzene rings is 3. The van der Waals surface area contributed by atoms with Gasteiger partial charge in [0.15, 0.2) is 21.2 Å². The van der Waals surface area contributed by atoms with Gasteiger partial charge >= 0.3 is 18.2 Å². The lowest BCUT2D eigenvalue weighted by Crippen LogP contribution is -2.51. The SMILES string of the molecule is CC(C)(C)OC(=O)CC1CCCN(c2nc(-c3ccc4c(c3)C(C)(C)CCC4(C)C)cs2)C1.CC(C)(C)OC(=O)NC1CCCN(C(N)=S)C1.CC(C)(C)OC(=O)NC1CCCNC1.CC1(C)CCC(C)(C)c2cc(-c3csc(N4CCCC(N)C4)n3)ccc21.CC1(C)CCC(C)(C)c2cc(C(=O)CBr)ccc21. The maximum atomic E-state index is 12.3. The number of carbonyl (C=O) groups is 4. The van der Waals surface area contributed by atoms with Crippen molar-refractivity contribution in [1.82, 2.24) is 30.8 Å². The zero-order chi connectivity index (χ0) is 79.8. The van der Waals surface area contributed by atoms with Crippen molar-refractivity contribution in [2.75, 3.05) is 67.5 Å². The van der Waals surface area contributed by atoms with Gasteiger partial charge in [0.2, 0.25) is 0 Å². The van der Waals surface area contributed by atoms with E-state index in [1.54, 1.807) is 22.7 Å². The van der Waals surface area contributed by atoms with E-state index in [4.69, 9.17) is 47.9 Å². The standard InChI is InChI=1S/C28H40N2O2S.C22H31N3S.C16H21BrO.C11H21N3O2S.C10H20N2O2/c1-26(2,3)32-24(31)15-19-9-8-14-30(17-19)25-29-23(18-33-25)20-10-11-21-22(16-20)28(6,7)13-12-27(21,4)5;1-21(2)9-10-22(3,4)18-12-15(7-8-17(18)21)19-14-26-20(24-19)25-11-5-6-16(23)13-25;1-15(2)7-8-16(3,4)13-9-11(14(18)10-17)5-6-12(13)15;1-11(2,3)16-10(15)13-8-5-4-6-14(7-8)9(12)17;1-10(2,3)14-9(13)12-8-5-4-6-11-7-8/h10-11,16,18-19H,8-9,12-15,17H2,1-7H3;7-8,12,14,16H,5-6,9-11,13,23H2,1-4H3;5-6,9H,7-8,10H2,1-4H3;8H,4-7H2,1-3H3,(H2,12,17)(H,13,15);8,11H,4-7H2,1-3H3,(H,12,13). The number of anilines is 2. The molecule has 12 rings (SSSR count). The lowest BCUT2D eigenvalue weighted by Gasteiger charge is -2.42. The summed E-state index contributed by atoms with van der Waals surface area (Å²) in [5.41, 5.74) is 25.9. The Morgan fingerprint density at radius 3 is 1.40 bits per heavy atom. The number of nitrogens with two attached hydrogens (primary N) is 2. The third kappa shape index (κ3) is 24.9. The number of Topliss-reactive ketones (excluding diaryl/α,β-unsaturated/α-hetero) is 1. The molecule has 3 aromatic carbocycles. The molecular formula is C87H133BrN10O7S3. The summed E-state index contributed by atoms with van der Waals surface area (Å²) >= 11 is 11.6. The number of halogens is 1. The van der Waals surface area contributed by atoms with Gasteiger partial charge in [-0.1, -0.05) is 135 Å². The first-order chi connectivity index (χ1) is 50.1. The summed E-state index contributed by atoms with van der Waals surface area (Å²) in [5.74, 6) is 0.401. The van der Waals surface area contributed by atoms with E-state index in [-0.39, 0.29) is 74.6 Å².